The number of hydrogen-bond acceptors (Lipinski definition) is 3. The highest BCUT2D eigenvalue weighted by Gasteiger charge is 1.99. The summed E-state index contributed by atoms with van der Waals surface area (Å²) >= 11 is 1.83. The second-order valence-corrected chi connectivity index (χ2v) is 3.79. The van der Waals surface area contributed by atoms with Crippen LogP contribution in [-0.4, -0.2) is 17.0 Å². The average molecular weight is 182 g/mol. The second kappa shape index (κ2) is 4.36. The van der Waals surface area contributed by atoms with Crippen molar-refractivity contribution >= 4 is 17.6 Å². The van der Waals surface area contributed by atoms with Gasteiger partial charge in [-0.25, -0.2) is 4.98 Å². The van der Waals surface area contributed by atoms with Gasteiger partial charge in [0.05, 0.1) is 0 Å². The maximum absolute atomic E-state index is 5.71. The van der Waals surface area contributed by atoms with E-state index in [2.05, 4.69) is 17.3 Å². The lowest BCUT2D eigenvalue weighted by atomic mass is 10.1. The molecule has 2 N–H and O–H groups in total. The number of hydrogen-bond donors (Lipinski definition) is 1. The van der Waals surface area contributed by atoms with E-state index in [0.717, 1.165) is 12.2 Å². The van der Waals surface area contributed by atoms with Gasteiger partial charge >= 0.3 is 0 Å². The number of nitrogens with zero attached hydrogens (tertiary/aromatic N) is 1. The van der Waals surface area contributed by atoms with Gasteiger partial charge in [0, 0.05) is 6.20 Å². The van der Waals surface area contributed by atoms with Crippen LogP contribution >= 0.6 is 11.8 Å². The van der Waals surface area contributed by atoms with Crippen molar-refractivity contribution in [3.8, 4) is 0 Å². The van der Waals surface area contributed by atoms with E-state index in [1.807, 2.05) is 18.7 Å². The van der Waals surface area contributed by atoms with Crippen molar-refractivity contribution < 1.29 is 0 Å². The van der Waals surface area contributed by atoms with Gasteiger partial charge in [0.15, 0.2) is 0 Å². The summed E-state index contributed by atoms with van der Waals surface area (Å²) in [5, 5.41) is 0. The first kappa shape index (κ1) is 9.39. The molecule has 0 unspecified atom stereocenters. The molecule has 0 spiro atoms. The first-order chi connectivity index (χ1) is 5.74. The van der Waals surface area contributed by atoms with Gasteiger partial charge in [0.25, 0.3) is 0 Å². The Morgan fingerprint density at radius 2 is 2.33 bits per heavy atom. The molecule has 2 nitrogen and oxygen atoms in total. The molecule has 0 aliphatic rings. The van der Waals surface area contributed by atoms with Crippen molar-refractivity contribution in [1.29, 1.82) is 0 Å². The van der Waals surface area contributed by atoms with Crippen LogP contribution in [0, 0.1) is 6.92 Å². The summed E-state index contributed by atoms with van der Waals surface area (Å²) < 4.78 is 0. The SMILES string of the molecule is CSCCc1cc(C)cnc1N. The van der Waals surface area contributed by atoms with Gasteiger partial charge in [-0.05, 0) is 36.5 Å². The third-order valence-electron chi connectivity index (χ3n) is 1.71. The van der Waals surface area contributed by atoms with E-state index in [9.17, 15) is 0 Å². The fourth-order valence-electron chi connectivity index (χ4n) is 1.05. The smallest absolute Gasteiger partial charge is 0.126 e. The van der Waals surface area contributed by atoms with Crippen LogP contribution in [0.1, 0.15) is 11.1 Å². The Kier molecular flexibility index (Phi) is 3.41. The topological polar surface area (TPSA) is 38.9 Å². The molecule has 66 valence electrons. The molecule has 0 aromatic carbocycles. The van der Waals surface area contributed by atoms with E-state index in [4.69, 9.17) is 5.73 Å². The predicted octanol–water partition coefficient (Wildman–Crippen LogP) is 1.88. The zero-order chi connectivity index (χ0) is 8.97. The summed E-state index contributed by atoms with van der Waals surface area (Å²) in [7, 11) is 0. The molecule has 0 atom stereocenters. The quantitative estimate of drug-likeness (QED) is 0.775. The van der Waals surface area contributed by atoms with E-state index in [0.29, 0.717) is 5.82 Å². The molecule has 12 heavy (non-hydrogen) atoms. The maximum atomic E-state index is 5.71. The van der Waals surface area contributed by atoms with Crippen LogP contribution in [0.4, 0.5) is 5.82 Å². The molecule has 0 aliphatic carbocycles. The normalized spacial score (nSPS) is 10.2. The molecule has 1 heterocycles. The maximum Gasteiger partial charge on any atom is 0.126 e. The van der Waals surface area contributed by atoms with Gasteiger partial charge in [-0.15, -0.1) is 0 Å². The Morgan fingerprint density at radius 3 is 3.00 bits per heavy atom. The van der Waals surface area contributed by atoms with Crippen LogP contribution in [0.25, 0.3) is 0 Å². The number of nitrogens with two attached hydrogens (primary N) is 1. The highest BCUT2D eigenvalue weighted by Crippen LogP contribution is 2.12. The lowest BCUT2D eigenvalue weighted by Gasteiger charge is -2.03. The molecule has 0 bridgehead atoms. The molecular weight excluding hydrogens is 168 g/mol. The van der Waals surface area contributed by atoms with Crippen molar-refractivity contribution in [2.24, 2.45) is 0 Å². The number of anilines is 1. The van der Waals surface area contributed by atoms with Crippen molar-refractivity contribution in [3.63, 3.8) is 0 Å². The fraction of sp³-hybridized carbons (Fsp3) is 0.444. The average Bonchev–Trinajstić information content (AvgIpc) is 2.07. The fourth-order valence-corrected chi connectivity index (χ4v) is 1.48. The summed E-state index contributed by atoms with van der Waals surface area (Å²) in [6.07, 6.45) is 4.92. The Bertz CT molecular complexity index is 261. The van der Waals surface area contributed by atoms with Crippen LogP contribution in [0.2, 0.25) is 0 Å². The molecule has 1 aromatic heterocycles. The lowest BCUT2D eigenvalue weighted by Crippen LogP contribution is -1.99. The van der Waals surface area contributed by atoms with Gasteiger partial charge in [0.2, 0.25) is 0 Å². The zero-order valence-corrected chi connectivity index (χ0v) is 8.32. The van der Waals surface area contributed by atoms with Gasteiger partial charge in [0.1, 0.15) is 5.82 Å². The number of rotatable bonds is 3. The van der Waals surface area contributed by atoms with Gasteiger partial charge in [-0.1, -0.05) is 6.07 Å². The van der Waals surface area contributed by atoms with Crippen molar-refractivity contribution in [2.45, 2.75) is 13.3 Å². The lowest BCUT2D eigenvalue weighted by molar-refractivity contribution is 1.11. The first-order valence-corrected chi connectivity index (χ1v) is 5.33. The summed E-state index contributed by atoms with van der Waals surface area (Å²) in [5.41, 5.74) is 8.06. The van der Waals surface area contributed by atoms with Crippen LogP contribution in [-0.2, 0) is 6.42 Å². The molecule has 0 aliphatic heterocycles. The van der Waals surface area contributed by atoms with Crippen molar-refractivity contribution in [2.75, 3.05) is 17.7 Å². The third kappa shape index (κ3) is 2.41. The highest BCUT2D eigenvalue weighted by atomic mass is 32.2. The molecule has 0 radical (unpaired) electrons. The molecule has 0 saturated carbocycles. The minimum atomic E-state index is 0.676. The second-order valence-electron chi connectivity index (χ2n) is 2.80. The Morgan fingerprint density at radius 1 is 1.58 bits per heavy atom. The van der Waals surface area contributed by atoms with Crippen LogP contribution in [0.15, 0.2) is 12.3 Å². The van der Waals surface area contributed by atoms with Crippen LogP contribution in [0.3, 0.4) is 0 Å². The van der Waals surface area contributed by atoms with E-state index in [-0.39, 0.29) is 0 Å². The monoisotopic (exact) mass is 182 g/mol. The number of aromatic nitrogens is 1. The van der Waals surface area contributed by atoms with Gasteiger partial charge < -0.3 is 5.73 Å². The van der Waals surface area contributed by atoms with E-state index in [1.165, 1.54) is 11.1 Å². The standard InChI is InChI=1S/C9H14N2S/c1-7-5-8(3-4-12-2)9(10)11-6-7/h5-6H,3-4H2,1-2H3,(H2,10,11). The summed E-state index contributed by atoms with van der Waals surface area (Å²) in [4.78, 5) is 4.10. The Balaban J connectivity index is 2.75. The number of pyridine rings is 1. The molecular formula is C9H14N2S. The molecule has 3 heteroatoms. The Labute approximate surface area is 77.6 Å². The summed E-state index contributed by atoms with van der Waals surface area (Å²) in [6, 6.07) is 2.11. The van der Waals surface area contributed by atoms with Crippen LogP contribution < -0.4 is 5.73 Å². The number of thioether (sulfide) groups is 1. The molecule has 0 amide bonds. The minimum absolute atomic E-state index is 0.676. The van der Waals surface area contributed by atoms with Crippen molar-refractivity contribution in [3.05, 3.63) is 23.4 Å². The molecule has 0 saturated heterocycles. The highest BCUT2D eigenvalue weighted by molar-refractivity contribution is 7.98. The third-order valence-corrected chi connectivity index (χ3v) is 2.33. The zero-order valence-electron chi connectivity index (χ0n) is 7.50. The largest absolute Gasteiger partial charge is 0.383 e. The summed E-state index contributed by atoms with van der Waals surface area (Å²) in [5.74, 6) is 1.78. The minimum Gasteiger partial charge on any atom is -0.383 e. The van der Waals surface area contributed by atoms with E-state index in [1.54, 1.807) is 6.20 Å². The Hall–Kier alpha value is -0.700. The number of nitrogen functional groups attached to an aromatic ring is 1. The number of aryl methyl sites for hydroxylation is 2. The molecule has 0 fully saturated rings. The summed E-state index contributed by atoms with van der Waals surface area (Å²) in [6.45, 7) is 2.04. The van der Waals surface area contributed by atoms with E-state index < -0.39 is 0 Å². The molecule has 1 aromatic rings. The first-order valence-electron chi connectivity index (χ1n) is 3.94. The van der Waals surface area contributed by atoms with Crippen molar-refractivity contribution in [1.82, 2.24) is 4.98 Å². The van der Waals surface area contributed by atoms with E-state index >= 15 is 0 Å². The van der Waals surface area contributed by atoms with Gasteiger partial charge in [-0.3, -0.25) is 0 Å². The van der Waals surface area contributed by atoms with Gasteiger partial charge in [-0.2, -0.15) is 11.8 Å². The molecule has 1 rings (SSSR count). The predicted molar refractivity (Wildman–Crippen MR) is 55.5 cm³/mol. The van der Waals surface area contributed by atoms with Crippen LogP contribution in [0.5, 0.6) is 0 Å².